The second-order valence-electron chi connectivity index (χ2n) is 7.72. The van der Waals surface area contributed by atoms with Crippen molar-refractivity contribution in [2.75, 3.05) is 26.3 Å². The predicted molar refractivity (Wildman–Crippen MR) is 98.2 cm³/mol. The lowest BCUT2D eigenvalue weighted by atomic mass is 9.95. The maximum atomic E-state index is 12.5. The molecule has 142 valence electrons. The summed E-state index contributed by atoms with van der Waals surface area (Å²) in [7, 11) is -3.34. The molecule has 2 aliphatic carbocycles. The molecule has 1 heterocycles. The average Bonchev–Trinajstić information content (AvgIpc) is 3.26. The van der Waals surface area contributed by atoms with Gasteiger partial charge in [0.1, 0.15) is 0 Å². The van der Waals surface area contributed by atoms with Crippen LogP contribution in [0.4, 0.5) is 0 Å². The monoisotopic (exact) mass is 378 g/mol. The number of morpholine rings is 1. The molecular formula is C19H26N2O4S. The highest BCUT2D eigenvalue weighted by Gasteiger charge is 2.40. The zero-order valence-corrected chi connectivity index (χ0v) is 15.7. The van der Waals surface area contributed by atoms with Crippen LogP contribution < -0.4 is 5.32 Å². The Kier molecular flexibility index (Phi) is 5.03. The lowest BCUT2D eigenvalue weighted by Crippen LogP contribution is -2.41. The predicted octanol–water partition coefficient (Wildman–Crippen LogP) is 1.77. The minimum absolute atomic E-state index is 0.0404. The summed E-state index contributed by atoms with van der Waals surface area (Å²) in [5.41, 5.74) is 1.30. The number of carbonyl (C=O) groups excluding carboxylic acids is 1. The molecule has 1 N–H and O–H groups in total. The summed E-state index contributed by atoms with van der Waals surface area (Å²) >= 11 is 0. The van der Waals surface area contributed by atoms with E-state index in [-0.39, 0.29) is 11.7 Å². The summed E-state index contributed by atoms with van der Waals surface area (Å²) in [6.07, 6.45) is 4.90. The van der Waals surface area contributed by atoms with Crippen LogP contribution in [0.1, 0.15) is 41.6 Å². The van der Waals surface area contributed by atoms with Gasteiger partial charge in [-0.15, -0.1) is 0 Å². The molecule has 1 amide bonds. The Morgan fingerprint density at radius 3 is 2.46 bits per heavy atom. The van der Waals surface area contributed by atoms with Gasteiger partial charge in [0.15, 0.2) is 0 Å². The van der Waals surface area contributed by atoms with Crippen molar-refractivity contribution in [1.82, 2.24) is 9.62 Å². The first-order valence-electron chi connectivity index (χ1n) is 9.46. The van der Waals surface area contributed by atoms with Gasteiger partial charge in [0.2, 0.25) is 10.0 Å². The van der Waals surface area contributed by atoms with Gasteiger partial charge in [-0.2, -0.15) is 4.31 Å². The van der Waals surface area contributed by atoms with E-state index < -0.39 is 10.0 Å². The molecule has 0 unspecified atom stereocenters. The summed E-state index contributed by atoms with van der Waals surface area (Å²) in [4.78, 5) is 12.5. The highest BCUT2D eigenvalue weighted by Crippen LogP contribution is 2.44. The Labute approximate surface area is 155 Å². The second-order valence-corrected chi connectivity index (χ2v) is 9.69. The summed E-state index contributed by atoms with van der Waals surface area (Å²) in [6, 6.07) is 7.25. The van der Waals surface area contributed by atoms with Crippen molar-refractivity contribution >= 4 is 15.9 Å². The van der Waals surface area contributed by atoms with Crippen molar-refractivity contribution in [3.05, 3.63) is 35.4 Å². The van der Waals surface area contributed by atoms with Crippen LogP contribution >= 0.6 is 0 Å². The number of carbonyl (C=O) groups is 1. The van der Waals surface area contributed by atoms with E-state index in [2.05, 4.69) is 5.32 Å². The topological polar surface area (TPSA) is 75.7 Å². The van der Waals surface area contributed by atoms with Gasteiger partial charge in [0, 0.05) is 24.7 Å². The third-order valence-electron chi connectivity index (χ3n) is 5.98. The SMILES string of the molecule is O=C(N[C@@H]1C[C@H]2CC[C@@H]1C2)c1ccc(CS(=O)(=O)N2CCOCC2)cc1. The van der Waals surface area contributed by atoms with Gasteiger partial charge in [-0.3, -0.25) is 4.79 Å². The standard InChI is InChI=1S/C19H26N2O4S/c22-19(20-18-12-15-3-6-17(18)11-15)16-4-1-14(2-5-16)13-26(23,24)21-7-9-25-10-8-21/h1-2,4-5,15,17-18H,3,6-13H2,(H,20,22)/t15-,17+,18+/m0/s1. The third kappa shape index (κ3) is 3.80. The summed E-state index contributed by atoms with van der Waals surface area (Å²) < 4.78 is 31.6. The summed E-state index contributed by atoms with van der Waals surface area (Å²) in [5, 5.41) is 3.17. The van der Waals surface area contributed by atoms with Gasteiger partial charge < -0.3 is 10.1 Å². The van der Waals surface area contributed by atoms with Gasteiger partial charge in [-0.05, 0) is 48.8 Å². The number of sulfonamides is 1. The molecule has 7 heteroatoms. The summed E-state index contributed by atoms with van der Waals surface area (Å²) in [6.45, 7) is 1.71. The molecular weight excluding hydrogens is 352 g/mol. The maximum absolute atomic E-state index is 12.5. The Morgan fingerprint density at radius 1 is 1.12 bits per heavy atom. The molecule has 3 fully saturated rings. The Bertz CT molecular complexity index is 756. The van der Waals surface area contributed by atoms with Crippen LogP contribution in [0.5, 0.6) is 0 Å². The number of rotatable bonds is 5. The molecule has 3 atom stereocenters. The fourth-order valence-corrected chi connectivity index (χ4v) is 6.05. The van der Waals surface area contributed by atoms with E-state index in [0.29, 0.717) is 49.4 Å². The lowest BCUT2D eigenvalue weighted by molar-refractivity contribution is 0.0729. The first-order chi connectivity index (χ1) is 12.5. The fourth-order valence-electron chi connectivity index (χ4n) is 4.55. The van der Waals surface area contributed by atoms with Gasteiger partial charge in [0.05, 0.1) is 19.0 Å². The van der Waals surface area contributed by atoms with E-state index in [0.717, 1.165) is 12.3 Å². The number of amides is 1. The van der Waals surface area contributed by atoms with Crippen molar-refractivity contribution in [3.63, 3.8) is 0 Å². The number of fused-ring (bicyclic) bond motifs is 2. The molecule has 2 bridgehead atoms. The molecule has 2 saturated carbocycles. The van der Waals surface area contributed by atoms with Crippen LogP contribution in [0.2, 0.25) is 0 Å². The van der Waals surface area contributed by atoms with Crippen LogP contribution in [0.15, 0.2) is 24.3 Å². The van der Waals surface area contributed by atoms with Crippen molar-refractivity contribution in [2.45, 2.75) is 37.5 Å². The highest BCUT2D eigenvalue weighted by atomic mass is 32.2. The van der Waals surface area contributed by atoms with E-state index in [9.17, 15) is 13.2 Å². The molecule has 1 aromatic rings. The Balaban J connectivity index is 1.36. The summed E-state index contributed by atoms with van der Waals surface area (Å²) in [5.74, 6) is 1.34. The molecule has 26 heavy (non-hydrogen) atoms. The number of nitrogens with zero attached hydrogens (tertiary/aromatic N) is 1. The van der Waals surface area contributed by atoms with Gasteiger partial charge in [-0.25, -0.2) is 8.42 Å². The fraction of sp³-hybridized carbons (Fsp3) is 0.632. The number of nitrogens with one attached hydrogen (secondary N) is 1. The molecule has 4 rings (SSSR count). The van der Waals surface area contributed by atoms with Crippen molar-refractivity contribution < 1.29 is 17.9 Å². The molecule has 0 aromatic heterocycles. The largest absolute Gasteiger partial charge is 0.379 e. The van der Waals surface area contributed by atoms with Crippen LogP contribution in [0, 0.1) is 11.8 Å². The Morgan fingerprint density at radius 2 is 1.85 bits per heavy atom. The zero-order chi connectivity index (χ0) is 18.1. The smallest absolute Gasteiger partial charge is 0.251 e. The minimum Gasteiger partial charge on any atom is -0.379 e. The maximum Gasteiger partial charge on any atom is 0.251 e. The molecule has 6 nitrogen and oxygen atoms in total. The molecule has 3 aliphatic rings. The first kappa shape index (κ1) is 17.9. The zero-order valence-electron chi connectivity index (χ0n) is 14.9. The van der Waals surface area contributed by atoms with Gasteiger partial charge in [-0.1, -0.05) is 18.6 Å². The molecule has 1 aromatic carbocycles. The lowest BCUT2D eigenvalue weighted by Gasteiger charge is -2.26. The van der Waals surface area contributed by atoms with Crippen LogP contribution in [-0.4, -0.2) is 51.0 Å². The van der Waals surface area contributed by atoms with E-state index >= 15 is 0 Å². The van der Waals surface area contributed by atoms with Crippen molar-refractivity contribution in [3.8, 4) is 0 Å². The van der Waals surface area contributed by atoms with E-state index in [1.165, 1.54) is 23.6 Å². The van der Waals surface area contributed by atoms with Gasteiger partial charge in [0.25, 0.3) is 5.91 Å². The van der Waals surface area contributed by atoms with Crippen LogP contribution in [-0.2, 0) is 20.5 Å². The minimum atomic E-state index is -3.34. The van der Waals surface area contributed by atoms with Crippen molar-refractivity contribution in [2.24, 2.45) is 11.8 Å². The van der Waals surface area contributed by atoms with Crippen LogP contribution in [0.25, 0.3) is 0 Å². The van der Waals surface area contributed by atoms with E-state index in [1.54, 1.807) is 24.3 Å². The number of ether oxygens (including phenoxy) is 1. The normalized spacial score (nSPS) is 29.0. The molecule has 0 spiro atoms. The molecule has 0 radical (unpaired) electrons. The Hall–Kier alpha value is -1.44. The number of hydrogen-bond donors (Lipinski definition) is 1. The van der Waals surface area contributed by atoms with Crippen LogP contribution in [0.3, 0.4) is 0 Å². The average molecular weight is 378 g/mol. The quantitative estimate of drug-likeness (QED) is 0.847. The molecule has 1 aliphatic heterocycles. The van der Waals surface area contributed by atoms with E-state index in [1.807, 2.05) is 0 Å². The van der Waals surface area contributed by atoms with Crippen molar-refractivity contribution in [1.29, 1.82) is 0 Å². The second kappa shape index (κ2) is 7.29. The number of benzene rings is 1. The molecule has 1 saturated heterocycles. The third-order valence-corrected chi connectivity index (χ3v) is 7.83. The number of hydrogen-bond acceptors (Lipinski definition) is 4. The highest BCUT2D eigenvalue weighted by molar-refractivity contribution is 7.88. The van der Waals surface area contributed by atoms with Gasteiger partial charge >= 0.3 is 0 Å². The first-order valence-corrected chi connectivity index (χ1v) is 11.1. The van der Waals surface area contributed by atoms with E-state index in [4.69, 9.17) is 4.74 Å².